The molecule has 1 unspecified atom stereocenters. The Balaban J connectivity index is 1.49. The first-order chi connectivity index (χ1) is 20.1. The quantitative estimate of drug-likeness (QED) is 0.244. The Morgan fingerprint density at radius 1 is 0.976 bits per heavy atom. The minimum atomic E-state index is -0.746. The predicted octanol–water partition coefficient (Wildman–Crippen LogP) is 6.01. The maximum absolute atomic E-state index is 15.1. The van der Waals surface area contributed by atoms with Crippen LogP contribution in [0.1, 0.15) is 38.1 Å². The molecule has 0 spiro atoms. The van der Waals surface area contributed by atoms with Gasteiger partial charge in [-0.15, -0.1) is 0 Å². The van der Waals surface area contributed by atoms with Crippen molar-refractivity contribution in [2.75, 3.05) is 5.32 Å². The van der Waals surface area contributed by atoms with Gasteiger partial charge in [0.1, 0.15) is 58.0 Å². The molecule has 0 fully saturated rings. The van der Waals surface area contributed by atoms with E-state index in [-0.39, 0.29) is 33.9 Å². The number of nitrogens with one attached hydrogen (secondary N) is 2. The van der Waals surface area contributed by atoms with Crippen molar-refractivity contribution in [2.24, 2.45) is 10.8 Å². The molecule has 3 heterocycles. The van der Waals surface area contributed by atoms with Crippen LogP contribution in [0.2, 0.25) is 0 Å². The van der Waals surface area contributed by atoms with Crippen LogP contribution in [-0.2, 0) is 0 Å². The molecule has 214 valence electrons. The number of anilines is 1. The van der Waals surface area contributed by atoms with Gasteiger partial charge in [0, 0.05) is 11.6 Å². The van der Waals surface area contributed by atoms with E-state index in [0.29, 0.717) is 28.3 Å². The molecule has 4 aromatic rings. The summed E-state index contributed by atoms with van der Waals surface area (Å²) in [6.45, 7) is 5.59. The maximum atomic E-state index is 15.1. The van der Waals surface area contributed by atoms with Crippen molar-refractivity contribution in [1.82, 2.24) is 15.4 Å². The summed E-state index contributed by atoms with van der Waals surface area (Å²) >= 11 is 0. The molecule has 1 aromatic heterocycles. The number of fused-ring (bicyclic) bond motifs is 2. The van der Waals surface area contributed by atoms with E-state index in [1.54, 1.807) is 36.3 Å². The lowest BCUT2D eigenvalue weighted by molar-refractivity contribution is 0.215. The number of hydrogen-bond acceptors (Lipinski definition) is 8. The minimum absolute atomic E-state index is 0.0103. The fourth-order valence-electron chi connectivity index (χ4n) is 5.24. The first kappa shape index (κ1) is 27.2. The third-order valence-electron chi connectivity index (χ3n) is 7.10. The summed E-state index contributed by atoms with van der Waals surface area (Å²) < 4.78 is 50.5. The topological polar surface area (TPSA) is 99.1 Å². The lowest BCUT2D eigenvalue weighted by Gasteiger charge is -2.30. The molecular weight excluding hydrogens is 545 g/mol. The molecule has 11 heteroatoms. The van der Waals surface area contributed by atoms with Crippen LogP contribution >= 0.6 is 0 Å². The summed E-state index contributed by atoms with van der Waals surface area (Å²) in [5.41, 5.74) is 5.30. The lowest BCUT2D eigenvalue weighted by atomic mass is 9.98. The Kier molecular flexibility index (Phi) is 6.74. The Hall–Kier alpha value is -5.03. The number of nitrogens with zero attached hydrogens (tertiary/aromatic N) is 3. The van der Waals surface area contributed by atoms with Crippen molar-refractivity contribution in [3.63, 3.8) is 0 Å². The third kappa shape index (κ3) is 4.57. The number of nitrogens with two attached hydrogens (primary N) is 1. The maximum Gasteiger partial charge on any atom is 0.203 e. The molecule has 0 bridgehead atoms. The predicted molar refractivity (Wildman–Crippen MR) is 156 cm³/mol. The summed E-state index contributed by atoms with van der Waals surface area (Å²) in [7, 11) is 0. The summed E-state index contributed by atoms with van der Waals surface area (Å²) in [4.78, 5) is 18.0. The van der Waals surface area contributed by atoms with Gasteiger partial charge in [-0.05, 0) is 62.7 Å². The lowest BCUT2D eigenvalue weighted by Crippen LogP contribution is -2.36. The van der Waals surface area contributed by atoms with Crippen molar-refractivity contribution in [3.8, 4) is 11.1 Å². The van der Waals surface area contributed by atoms with Gasteiger partial charge in [-0.2, -0.15) is 0 Å². The van der Waals surface area contributed by atoms with E-state index in [4.69, 9.17) is 10.3 Å². The zero-order valence-electron chi connectivity index (χ0n) is 23.0. The van der Waals surface area contributed by atoms with Crippen LogP contribution in [0.4, 0.5) is 18.9 Å². The summed E-state index contributed by atoms with van der Waals surface area (Å²) in [6, 6.07) is 13.7. The summed E-state index contributed by atoms with van der Waals surface area (Å²) in [5.74, 6) is 4.68. The van der Waals surface area contributed by atoms with Crippen LogP contribution in [-0.4, -0.2) is 22.4 Å². The van der Waals surface area contributed by atoms with Gasteiger partial charge in [-0.25, -0.2) is 24.0 Å². The van der Waals surface area contributed by atoms with Gasteiger partial charge in [0.15, 0.2) is 0 Å². The fraction of sp³-hybridized carbons (Fsp3) is 0.161. The number of rotatable bonds is 6. The van der Waals surface area contributed by atoms with E-state index in [1.807, 2.05) is 13.8 Å². The van der Waals surface area contributed by atoms with E-state index in [0.717, 1.165) is 0 Å². The molecular formula is C31H27F3N6O2. The number of halogens is 3. The molecule has 6 rings (SSSR count). The largest absolute Gasteiger partial charge is 0.458 e. The normalized spacial score (nSPS) is 15.3. The third-order valence-corrected chi connectivity index (χ3v) is 7.10. The Morgan fingerprint density at radius 3 is 2.50 bits per heavy atom. The number of aliphatic imine (C=N–C) groups is 1. The van der Waals surface area contributed by atoms with E-state index in [1.165, 1.54) is 53.8 Å². The average Bonchev–Trinajstić information content (AvgIpc) is 3.34. The first-order valence-corrected chi connectivity index (χ1v) is 13.3. The second-order valence-corrected chi connectivity index (χ2v) is 10.4. The molecule has 0 radical (unpaired) electrons. The van der Waals surface area contributed by atoms with Crippen molar-refractivity contribution in [2.45, 2.75) is 32.9 Å². The van der Waals surface area contributed by atoms with Gasteiger partial charge in [-0.3, -0.25) is 20.2 Å². The van der Waals surface area contributed by atoms with Crippen LogP contribution in [0.25, 0.3) is 27.8 Å². The Bertz CT molecular complexity index is 1880. The molecule has 42 heavy (non-hydrogen) atoms. The zero-order valence-corrected chi connectivity index (χ0v) is 23.0. The molecule has 2 aliphatic heterocycles. The Morgan fingerprint density at radius 2 is 1.76 bits per heavy atom. The minimum Gasteiger partial charge on any atom is -0.458 e. The van der Waals surface area contributed by atoms with Gasteiger partial charge in [0.25, 0.3) is 0 Å². The number of hydrazine groups is 2. The van der Waals surface area contributed by atoms with E-state index in [2.05, 4.69) is 15.7 Å². The van der Waals surface area contributed by atoms with Crippen LogP contribution < -0.4 is 22.0 Å². The van der Waals surface area contributed by atoms with Crippen LogP contribution in [0.3, 0.4) is 0 Å². The number of hydrogen-bond donors (Lipinski definition) is 3. The van der Waals surface area contributed by atoms with E-state index in [9.17, 15) is 13.6 Å². The van der Waals surface area contributed by atoms with E-state index < -0.39 is 28.9 Å². The average molecular weight is 573 g/mol. The highest BCUT2D eigenvalue weighted by Crippen LogP contribution is 2.41. The molecule has 0 saturated carbocycles. The molecule has 2 aliphatic rings. The van der Waals surface area contributed by atoms with Crippen LogP contribution in [0.5, 0.6) is 0 Å². The van der Waals surface area contributed by atoms with Crippen molar-refractivity contribution >= 4 is 28.7 Å². The SMILES string of the molecule is CC(C)Nc1ccc(C2=C3C(=CN=CN3N)N(C(C)c3oc4cccc(F)c4c(=O)c3-c3cccc(F)c3)N2)cc1F. The van der Waals surface area contributed by atoms with Crippen molar-refractivity contribution in [1.29, 1.82) is 0 Å². The smallest absolute Gasteiger partial charge is 0.203 e. The highest BCUT2D eigenvalue weighted by atomic mass is 19.1. The van der Waals surface area contributed by atoms with Crippen LogP contribution in [0, 0.1) is 17.5 Å². The molecule has 8 nitrogen and oxygen atoms in total. The second kappa shape index (κ2) is 10.4. The highest BCUT2D eigenvalue weighted by Gasteiger charge is 2.37. The monoisotopic (exact) mass is 572 g/mol. The molecule has 0 aliphatic carbocycles. The zero-order chi connectivity index (χ0) is 29.7. The summed E-state index contributed by atoms with van der Waals surface area (Å²) in [5, 5.41) is 5.81. The molecule has 0 amide bonds. The standard InChI is InChI=1S/C31H27F3N6O2/c1-16(2)37-23-11-10-19(13-22(23)34)28-29-24(14-36-15-39(29)35)40(38-28)17(3)31-26(18-6-4-7-20(32)12-18)30(41)27-21(33)8-5-9-25(27)42-31/h4-17,37-38H,35H2,1-3H3. The molecule has 3 aromatic carbocycles. The van der Waals surface area contributed by atoms with Gasteiger partial charge in [-0.1, -0.05) is 24.3 Å². The van der Waals surface area contributed by atoms with Gasteiger partial charge in [0.2, 0.25) is 5.43 Å². The van der Waals surface area contributed by atoms with Crippen LogP contribution in [0.15, 0.2) is 92.5 Å². The summed E-state index contributed by atoms with van der Waals surface area (Å²) in [6.07, 6.45) is 2.98. The van der Waals surface area contributed by atoms with Gasteiger partial charge in [0.05, 0.1) is 23.1 Å². The van der Waals surface area contributed by atoms with Crippen molar-refractivity contribution in [3.05, 3.63) is 117 Å². The molecule has 0 saturated heterocycles. The first-order valence-electron chi connectivity index (χ1n) is 13.3. The van der Waals surface area contributed by atoms with Gasteiger partial charge >= 0.3 is 0 Å². The molecule has 4 N–H and O–H groups in total. The van der Waals surface area contributed by atoms with Gasteiger partial charge < -0.3 is 9.73 Å². The molecule has 1 atom stereocenters. The highest BCUT2D eigenvalue weighted by molar-refractivity contribution is 5.84. The second-order valence-electron chi connectivity index (χ2n) is 10.4. The fourth-order valence-corrected chi connectivity index (χ4v) is 5.24. The number of benzene rings is 3. The Labute approximate surface area is 239 Å². The van der Waals surface area contributed by atoms with E-state index >= 15 is 4.39 Å². The van der Waals surface area contributed by atoms with Crippen molar-refractivity contribution < 1.29 is 17.6 Å².